The standard InChI is InChI=1S/C13H25ClN4/c1-4-5-6-7-8-11(16-15)9-12-10(2)17-18(3)13(12)14/h11,16H,4-9,15H2,1-3H3. The van der Waals surface area contributed by atoms with Gasteiger partial charge in [0, 0.05) is 18.7 Å². The van der Waals surface area contributed by atoms with Gasteiger partial charge < -0.3 is 0 Å². The monoisotopic (exact) mass is 272 g/mol. The number of hydrogen-bond acceptors (Lipinski definition) is 3. The Labute approximate surface area is 115 Å². The molecular weight excluding hydrogens is 248 g/mol. The average Bonchev–Trinajstić information content (AvgIpc) is 2.59. The fourth-order valence-corrected chi connectivity index (χ4v) is 2.47. The summed E-state index contributed by atoms with van der Waals surface area (Å²) in [5.74, 6) is 5.62. The van der Waals surface area contributed by atoms with Crippen molar-refractivity contribution in [2.45, 2.75) is 58.4 Å². The molecule has 104 valence electrons. The van der Waals surface area contributed by atoms with E-state index in [0.717, 1.165) is 29.3 Å². The summed E-state index contributed by atoms with van der Waals surface area (Å²) in [4.78, 5) is 0. The van der Waals surface area contributed by atoms with Crippen molar-refractivity contribution in [1.82, 2.24) is 15.2 Å². The van der Waals surface area contributed by atoms with E-state index >= 15 is 0 Å². The fourth-order valence-electron chi connectivity index (χ4n) is 2.21. The predicted octanol–water partition coefficient (Wildman–Crippen LogP) is 2.73. The van der Waals surface area contributed by atoms with Crippen molar-refractivity contribution in [2.24, 2.45) is 12.9 Å². The van der Waals surface area contributed by atoms with E-state index in [0.29, 0.717) is 0 Å². The molecular formula is C13H25ClN4. The topological polar surface area (TPSA) is 55.9 Å². The molecule has 1 rings (SSSR count). The first-order valence-electron chi connectivity index (χ1n) is 6.74. The minimum atomic E-state index is 0.280. The second kappa shape index (κ2) is 7.77. The summed E-state index contributed by atoms with van der Waals surface area (Å²) >= 11 is 6.23. The number of halogens is 1. The van der Waals surface area contributed by atoms with Crippen LogP contribution in [0, 0.1) is 6.92 Å². The van der Waals surface area contributed by atoms with E-state index in [1.165, 1.54) is 25.7 Å². The summed E-state index contributed by atoms with van der Waals surface area (Å²) in [6.07, 6.45) is 6.97. The lowest BCUT2D eigenvalue weighted by Gasteiger charge is -2.15. The maximum Gasteiger partial charge on any atom is 0.130 e. The molecule has 5 heteroatoms. The molecule has 0 amide bonds. The molecule has 1 unspecified atom stereocenters. The number of hydrogen-bond donors (Lipinski definition) is 2. The lowest BCUT2D eigenvalue weighted by molar-refractivity contribution is 0.462. The van der Waals surface area contributed by atoms with Gasteiger partial charge in [-0.25, -0.2) is 0 Å². The van der Waals surface area contributed by atoms with E-state index in [-0.39, 0.29) is 6.04 Å². The first-order valence-corrected chi connectivity index (χ1v) is 7.12. The molecule has 0 radical (unpaired) electrons. The Balaban J connectivity index is 2.51. The highest BCUT2D eigenvalue weighted by atomic mass is 35.5. The normalized spacial score (nSPS) is 12.9. The van der Waals surface area contributed by atoms with E-state index in [1.54, 1.807) is 4.68 Å². The molecule has 4 nitrogen and oxygen atoms in total. The summed E-state index contributed by atoms with van der Waals surface area (Å²) in [5.41, 5.74) is 5.00. The first-order chi connectivity index (χ1) is 8.60. The number of hydrazine groups is 1. The van der Waals surface area contributed by atoms with Crippen LogP contribution in [0.2, 0.25) is 5.15 Å². The fraction of sp³-hybridized carbons (Fsp3) is 0.769. The number of aromatic nitrogens is 2. The van der Waals surface area contributed by atoms with Crippen LogP contribution < -0.4 is 11.3 Å². The van der Waals surface area contributed by atoms with Crippen LogP contribution >= 0.6 is 11.6 Å². The maximum atomic E-state index is 6.23. The predicted molar refractivity (Wildman–Crippen MR) is 76.5 cm³/mol. The van der Waals surface area contributed by atoms with Crippen LogP contribution in [0.25, 0.3) is 0 Å². The number of nitrogens with two attached hydrogens (primary N) is 1. The van der Waals surface area contributed by atoms with Gasteiger partial charge in [0.05, 0.1) is 5.69 Å². The third kappa shape index (κ3) is 4.26. The van der Waals surface area contributed by atoms with Gasteiger partial charge in [0.1, 0.15) is 5.15 Å². The van der Waals surface area contributed by atoms with Crippen molar-refractivity contribution in [1.29, 1.82) is 0 Å². The molecule has 0 saturated heterocycles. The summed E-state index contributed by atoms with van der Waals surface area (Å²) in [7, 11) is 1.87. The molecule has 1 atom stereocenters. The van der Waals surface area contributed by atoms with E-state index < -0.39 is 0 Å². The molecule has 0 aliphatic heterocycles. The summed E-state index contributed by atoms with van der Waals surface area (Å²) in [5, 5.41) is 5.05. The first kappa shape index (κ1) is 15.5. The maximum absolute atomic E-state index is 6.23. The number of unbranched alkanes of at least 4 members (excludes halogenated alkanes) is 3. The summed E-state index contributed by atoms with van der Waals surface area (Å²) in [6, 6.07) is 0.280. The molecule has 0 spiro atoms. The van der Waals surface area contributed by atoms with Crippen molar-refractivity contribution >= 4 is 11.6 Å². The van der Waals surface area contributed by atoms with Crippen LogP contribution in [0.3, 0.4) is 0 Å². The van der Waals surface area contributed by atoms with E-state index in [9.17, 15) is 0 Å². The molecule has 0 bridgehead atoms. The van der Waals surface area contributed by atoms with Crippen molar-refractivity contribution in [3.8, 4) is 0 Å². The molecule has 3 N–H and O–H groups in total. The van der Waals surface area contributed by atoms with Crippen LogP contribution in [0.15, 0.2) is 0 Å². The zero-order chi connectivity index (χ0) is 13.5. The highest BCUT2D eigenvalue weighted by Crippen LogP contribution is 2.21. The molecule has 1 aromatic heterocycles. The Morgan fingerprint density at radius 2 is 2.11 bits per heavy atom. The van der Waals surface area contributed by atoms with E-state index in [4.69, 9.17) is 17.4 Å². The molecule has 0 aliphatic rings. The third-order valence-electron chi connectivity index (χ3n) is 3.36. The second-order valence-electron chi connectivity index (χ2n) is 4.90. The second-order valence-corrected chi connectivity index (χ2v) is 5.25. The Morgan fingerprint density at radius 3 is 2.61 bits per heavy atom. The van der Waals surface area contributed by atoms with Crippen molar-refractivity contribution in [2.75, 3.05) is 0 Å². The SMILES string of the molecule is CCCCCCC(Cc1c(C)nn(C)c1Cl)NN. The zero-order valence-corrected chi connectivity index (χ0v) is 12.4. The average molecular weight is 273 g/mol. The number of nitrogens with zero attached hydrogens (tertiary/aromatic N) is 2. The quantitative estimate of drug-likeness (QED) is 0.435. The van der Waals surface area contributed by atoms with Crippen LogP contribution in [0.4, 0.5) is 0 Å². The van der Waals surface area contributed by atoms with Crippen LogP contribution in [-0.2, 0) is 13.5 Å². The van der Waals surface area contributed by atoms with E-state index in [1.807, 2.05) is 14.0 Å². The zero-order valence-electron chi connectivity index (χ0n) is 11.7. The van der Waals surface area contributed by atoms with Crippen LogP contribution in [-0.4, -0.2) is 15.8 Å². The van der Waals surface area contributed by atoms with Gasteiger partial charge >= 0.3 is 0 Å². The molecule has 0 aromatic carbocycles. The van der Waals surface area contributed by atoms with Crippen molar-refractivity contribution in [3.05, 3.63) is 16.4 Å². The molecule has 1 aromatic rings. The van der Waals surface area contributed by atoms with Crippen LogP contribution in [0.1, 0.15) is 50.3 Å². The lowest BCUT2D eigenvalue weighted by atomic mass is 10.0. The number of rotatable bonds is 8. The van der Waals surface area contributed by atoms with Crippen molar-refractivity contribution < 1.29 is 0 Å². The van der Waals surface area contributed by atoms with Gasteiger partial charge in [-0.1, -0.05) is 44.2 Å². The highest BCUT2D eigenvalue weighted by molar-refractivity contribution is 6.30. The van der Waals surface area contributed by atoms with Gasteiger partial charge in [-0.3, -0.25) is 16.0 Å². The Kier molecular flexibility index (Phi) is 6.68. The van der Waals surface area contributed by atoms with Gasteiger partial charge in [0.25, 0.3) is 0 Å². The lowest BCUT2D eigenvalue weighted by Crippen LogP contribution is -2.36. The Hall–Kier alpha value is -0.580. The van der Waals surface area contributed by atoms with Crippen molar-refractivity contribution in [3.63, 3.8) is 0 Å². The van der Waals surface area contributed by atoms with Gasteiger partial charge in [-0.15, -0.1) is 0 Å². The molecule has 0 aliphatic carbocycles. The van der Waals surface area contributed by atoms with Gasteiger partial charge in [0.15, 0.2) is 0 Å². The summed E-state index contributed by atoms with van der Waals surface area (Å²) in [6.45, 7) is 4.21. The Bertz CT molecular complexity index is 362. The summed E-state index contributed by atoms with van der Waals surface area (Å²) < 4.78 is 1.72. The number of nitrogens with one attached hydrogen (secondary N) is 1. The van der Waals surface area contributed by atoms with Gasteiger partial charge in [-0.05, 0) is 19.8 Å². The molecule has 18 heavy (non-hydrogen) atoms. The minimum absolute atomic E-state index is 0.280. The largest absolute Gasteiger partial charge is 0.271 e. The van der Waals surface area contributed by atoms with Crippen LogP contribution in [0.5, 0.6) is 0 Å². The van der Waals surface area contributed by atoms with E-state index in [2.05, 4.69) is 17.4 Å². The molecule has 0 fully saturated rings. The van der Waals surface area contributed by atoms with Gasteiger partial charge in [0.2, 0.25) is 0 Å². The molecule has 0 saturated carbocycles. The minimum Gasteiger partial charge on any atom is -0.271 e. The number of aryl methyl sites for hydroxylation is 2. The Morgan fingerprint density at radius 1 is 1.39 bits per heavy atom. The van der Waals surface area contributed by atoms with Gasteiger partial charge in [-0.2, -0.15) is 5.10 Å². The smallest absolute Gasteiger partial charge is 0.130 e. The molecule has 1 heterocycles. The third-order valence-corrected chi connectivity index (χ3v) is 3.83. The highest BCUT2D eigenvalue weighted by Gasteiger charge is 2.16.